The summed E-state index contributed by atoms with van der Waals surface area (Å²) in [4.78, 5) is 67.5. The Morgan fingerprint density at radius 2 is 1.00 bits per heavy atom. The topological polar surface area (TPSA) is 507 Å². The Kier molecular flexibility index (Phi) is 25.3. The summed E-state index contributed by atoms with van der Waals surface area (Å²) in [6.45, 7) is -4.45. The predicted octanol–water partition coefficient (Wildman–Crippen LogP) is -4.97. The lowest BCUT2D eigenvalue weighted by Crippen LogP contribution is -2.69. The Morgan fingerprint density at radius 1 is 0.500 bits per heavy atom. The quantitative estimate of drug-likeness (QED) is 0.0215. The molecule has 5 heterocycles. The summed E-state index contributed by atoms with van der Waals surface area (Å²) in [6.07, 6.45) is -45.4. The highest BCUT2D eigenvalue weighted by molar-refractivity contribution is 5.90. The zero-order valence-electron chi connectivity index (χ0n) is 50.2. The van der Waals surface area contributed by atoms with Gasteiger partial charge < -0.3 is 143 Å². The first-order valence-corrected chi connectivity index (χ1v) is 29.1. The summed E-state index contributed by atoms with van der Waals surface area (Å²) in [6, 6.07) is 16.4. The number of carbonyl (C=O) groups excluding carboxylic acids is 5. The van der Waals surface area contributed by atoms with Gasteiger partial charge >= 0.3 is 29.8 Å². The first kappa shape index (κ1) is 72.9. The third kappa shape index (κ3) is 17.4. The Balaban J connectivity index is 1.29. The van der Waals surface area contributed by atoms with Crippen molar-refractivity contribution in [2.24, 2.45) is 0 Å². The van der Waals surface area contributed by atoms with Crippen molar-refractivity contribution in [2.45, 2.75) is 161 Å². The number of aromatic hydroxyl groups is 2. The molecule has 5 saturated heterocycles. The molecule has 0 radical (unpaired) electrons. The highest BCUT2D eigenvalue weighted by Crippen LogP contribution is 2.43. The van der Waals surface area contributed by atoms with Crippen LogP contribution in [0.4, 0.5) is 0 Å². The van der Waals surface area contributed by atoms with Crippen molar-refractivity contribution < 1.29 is 167 Å². The maximum absolute atomic E-state index is 14.4. The average Bonchev–Trinajstić information content (AvgIpc) is 1.34. The van der Waals surface area contributed by atoms with E-state index in [2.05, 4.69) is 0 Å². The van der Waals surface area contributed by atoms with E-state index in [-0.39, 0.29) is 28.4 Å². The fourth-order valence-electron chi connectivity index (χ4n) is 10.5. The van der Waals surface area contributed by atoms with E-state index in [0.717, 1.165) is 26.0 Å². The van der Waals surface area contributed by atoms with Gasteiger partial charge in [0, 0.05) is 26.0 Å². The van der Waals surface area contributed by atoms with Gasteiger partial charge in [-0.1, -0.05) is 36.4 Å². The van der Waals surface area contributed by atoms with E-state index >= 15 is 0 Å². The van der Waals surface area contributed by atoms with Crippen molar-refractivity contribution in [2.75, 3.05) is 46.8 Å². The van der Waals surface area contributed by atoms with Gasteiger partial charge in [0.2, 0.25) is 5.79 Å². The Hall–Kier alpha value is -6.95. The van der Waals surface area contributed by atoms with Gasteiger partial charge in [-0.2, -0.15) is 0 Å². The largest absolute Gasteiger partial charge is 0.508 e. The number of benzene rings is 3. The number of ether oxygens (including phenoxy) is 15. The zero-order valence-corrected chi connectivity index (χ0v) is 50.2. The van der Waals surface area contributed by atoms with Crippen molar-refractivity contribution in [3.05, 3.63) is 102 Å². The van der Waals surface area contributed by atoms with Crippen LogP contribution in [0.3, 0.4) is 0 Å². The molecule has 5 aliphatic rings. The number of phenolic OH excluding ortho intramolecular Hbond substituents is 2. The van der Waals surface area contributed by atoms with Crippen LogP contribution < -0.4 is 4.74 Å². The van der Waals surface area contributed by atoms with Gasteiger partial charge in [0.05, 0.1) is 32.5 Å². The molecule has 0 spiro atoms. The molecule has 0 aliphatic carbocycles. The Labute approximate surface area is 533 Å². The number of rotatable bonds is 25. The van der Waals surface area contributed by atoms with Gasteiger partial charge in [-0.05, 0) is 59.7 Å². The van der Waals surface area contributed by atoms with Gasteiger partial charge in [0.15, 0.2) is 48.9 Å². The van der Waals surface area contributed by atoms with Crippen molar-refractivity contribution in [1.29, 1.82) is 0 Å². The number of esters is 5. The second-order valence-electron chi connectivity index (χ2n) is 22.0. The van der Waals surface area contributed by atoms with Crippen LogP contribution in [0.25, 0.3) is 12.2 Å². The zero-order chi connectivity index (χ0) is 68.3. The average molecular weight is 1340 g/mol. The molecule has 3 aromatic rings. The van der Waals surface area contributed by atoms with Crippen LogP contribution in [0.1, 0.15) is 35.3 Å². The van der Waals surface area contributed by atoms with Gasteiger partial charge in [-0.25, -0.2) is 14.4 Å². The maximum Gasteiger partial charge on any atom is 0.338 e. The number of phenols is 2. The molecule has 0 aromatic heterocycles. The van der Waals surface area contributed by atoms with Crippen LogP contribution in [0, 0.1) is 0 Å². The summed E-state index contributed by atoms with van der Waals surface area (Å²) in [5.74, 6) is -9.18. The van der Waals surface area contributed by atoms with Gasteiger partial charge in [0.1, 0.15) is 129 Å². The van der Waals surface area contributed by atoms with E-state index in [1.54, 1.807) is 6.07 Å². The molecule has 24 atom stereocenters. The fraction of sp³-hybridized carbons (Fsp3) is 0.550. The molecular weight excluding hydrogens is 1260 g/mol. The van der Waals surface area contributed by atoms with Crippen molar-refractivity contribution in [1.82, 2.24) is 0 Å². The van der Waals surface area contributed by atoms with E-state index < -0.39 is 216 Å². The molecule has 518 valence electrons. The molecule has 34 heteroatoms. The SMILES string of the molecule is COc1cc(/C=C/C(=O)O[C@H]2[C@H](O[C@H]3O[C@H](COC(C)=O)[C@@H](O[C@@H]4O[C@H](CO)[C@@H](O)[C@H](O)[C@H]4O)[C@H](O)[C@H]3O)[C@@H](O[C@@H]3O[C@H](CO)[C@@H](O)[C@H](O)[C@H]3O)[C@@H](O[C@]3(COC(=O)/C=C\c4ccc(O)cc4)O[C@H](CO)[C@@H](O)[C@H]3OC(=O)c3ccccc3)O[C@@H]2COC(C)=O)ccc1O. The summed E-state index contributed by atoms with van der Waals surface area (Å²) in [7, 11) is 1.25. The van der Waals surface area contributed by atoms with Crippen LogP contribution in [-0.4, -0.2) is 295 Å². The Morgan fingerprint density at radius 3 is 1.56 bits per heavy atom. The second-order valence-corrected chi connectivity index (χ2v) is 22.0. The van der Waals surface area contributed by atoms with E-state index in [4.69, 9.17) is 71.1 Å². The number of aliphatic hydroxyl groups excluding tert-OH is 12. The van der Waals surface area contributed by atoms with E-state index in [0.29, 0.717) is 5.56 Å². The molecule has 3 aromatic carbocycles. The summed E-state index contributed by atoms with van der Waals surface area (Å²) >= 11 is 0. The number of hydrogen-bond donors (Lipinski definition) is 14. The van der Waals surface area contributed by atoms with Gasteiger partial charge in [-0.15, -0.1) is 0 Å². The van der Waals surface area contributed by atoms with Gasteiger partial charge in [-0.3, -0.25) is 9.59 Å². The minimum absolute atomic E-state index is 0.0365. The lowest BCUT2D eigenvalue weighted by molar-refractivity contribution is -0.423. The molecule has 0 unspecified atom stereocenters. The minimum Gasteiger partial charge on any atom is -0.508 e. The van der Waals surface area contributed by atoms with Crippen molar-refractivity contribution in [3.8, 4) is 17.2 Å². The van der Waals surface area contributed by atoms with Crippen LogP contribution >= 0.6 is 0 Å². The smallest absolute Gasteiger partial charge is 0.338 e. The van der Waals surface area contributed by atoms with Crippen LogP contribution in [0.2, 0.25) is 0 Å². The lowest BCUT2D eigenvalue weighted by atomic mass is 9.95. The van der Waals surface area contributed by atoms with Crippen molar-refractivity contribution in [3.63, 3.8) is 0 Å². The number of hydrogen-bond acceptors (Lipinski definition) is 34. The van der Waals surface area contributed by atoms with E-state index in [1.165, 1.54) is 86.0 Å². The lowest BCUT2D eigenvalue weighted by Gasteiger charge is -2.51. The summed E-state index contributed by atoms with van der Waals surface area (Å²) in [5, 5.41) is 153. The van der Waals surface area contributed by atoms with Crippen LogP contribution in [0.15, 0.2) is 84.9 Å². The molecular formula is C60H74O34. The first-order valence-electron chi connectivity index (χ1n) is 29.1. The third-order valence-corrected chi connectivity index (χ3v) is 15.5. The third-order valence-electron chi connectivity index (χ3n) is 15.5. The molecule has 34 nitrogen and oxygen atoms in total. The molecule has 94 heavy (non-hydrogen) atoms. The maximum atomic E-state index is 14.4. The minimum atomic E-state index is -3.00. The highest BCUT2D eigenvalue weighted by atomic mass is 16.8. The monoisotopic (exact) mass is 1340 g/mol. The van der Waals surface area contributed by atoms with Crippen molar-refractivity contribution >= 4 is 42.0 Å². The number of carbonyl (C=O) groups is 5. The summed E-state index contributed by atoms with van der Waals surface area (Å²) in [5.41, 5.74) is 0.420. The molecule has 0 saturated carbocycles. The molecule has 8 rings (SSSR count). The predicted molar refractivity (Wildman–Crippen MR) is 304 cm³/mol. The molecule has 0 amide bonds. The van der Waals surface area contributed by atoms with E-state index in [1.807, 2.05) is 0 Å². The normalized spacial score (nSPS) is 36.0. The number of aliphatic hydroxyl groups is 12. The highest BCUT2D eigenvalue weighted by Gasteiger charge is 2.64. The van der Waals surface area contributed by atoms with E-state index in [9.17, 15) is 95.5 Å². The summed E-state index contributed by atoms with van der Waals surface area (Å²) < 4.78 is 89.0. The molecule has 5 aliphatic heterocycles. The second kappa shape index (κ2) is 32.7. The Bertz CT molecular complexity index is 3060. The molecule has 0 bridgehead atoms. The van der Waals surface area contributed by atoms with Crippen LogP contribution in [-0.2, 0) is 85.5 Å². The number of methoxy groups -OCH3 is 1. The standard InChI is InChI=1S/C60H74O34/c1-26(64)81-23-37-50(89-56-47(76)44(73)41(70)34(20-61)84-56)46(75)49(78)58(86-37)90-52-51(88-40(69)18-13-29-11-16-32(67)33(19-29)80-3)38(24-82-27(2)65)87-59(53(52)91-57-48(77)45(74)42(71)35(21-62)85-57)94-60(25-83-39(68)17-12-28-9-14-31(66)15-10-28)54(43(72)36(22-63)93-60)92-55(79)30-7-5-4-6-8-30/h4-19,34-38,41-54,56-59,61-63,66-67,70-78H,20-25H2,1-3H3/b17-12-,18-13+/t34-,35-,36-,37-,38-,41-,42-,43-,44+,45+,46-,47-,48-,49-,50-,51-,52+,53-,54-,56+,57+,58-,59-,60+/m1/s1. The van der Waals surface area contributed by atoms with Gasteiger partial charge in [0.25, 0.3) is 0 Å². The molecule has 5 fully saturated rings. The first-order chi connectivity index (χ1) is 44.8. The fourth-order valence-corrected chi connectivity index (χ4v) is 10.5. The van der Waals surface area contributed by atoms with Crippen LogP contribution in [0.5, 0.6) is 17.2 Å². The molecule has 14 N–H and O–H groups in total.